The van der Waals surface area contributed by atoms with Crippen LogP contribution in [0.1, 0.15) is 43.0 Å². The fraction of sp³-hybridized carbons (Fsp3) is 0.381. The topological polar surface area (TPSA) is 66.5 Å². The molecule has 0 saturated carbocycles. The number of nitrogens with zero attached hydrogens (tertiary/aromatic N) is 1. The lowest BCUT2D eigenvalue weighted by molar-refractivity contribution is 0.101. The minimum atomic E-state index is -3.49. The summed E-state index contributed by atoms with van der Waals surface area (Å²) in [6, 6.07) is 13.4. The molecule has 5 nitrogen and oxygen atoms in total. The van der Waals surface area contributed by atoms with Crippen molar-refractivity contribution >= 4 is 33.1 Å². The molecule has 7 heteroatoms. The second-order valence-corrected chi connectivity index (χ2v) is 9.31. The Morgan fingerprint density at radius 1 is 1.11 bits per heavy atom. The molecule has 150 valence electrons. The molecular formula is C21H25ClN2O3S. The highest BCUT2D eigenvalue weighted by Crippen LogP contribution is 2.27. The van der Waals surface area contributed by atoms with Gasteiger partial charge in [0.15, 0.2) is 5.78 Å². The van der Waals surface area contributed by atoms with Gasteiger partial charge in [-0.05, 0) is 67.8 Å². The van der Waals surface area contributed by atoms with E-state index in [1.54, 1.807) is 52.8 Å². The fourth-order valence-electron chi connectivity index (χ4n) is 3.50. The van der Waals surface area contributed by atoms with Crippen molar-refractivity contribution in [2.24, 2.45) is 0 Å². The van der Waals surface area contributed by atoms with Crippen LogP contribution in [0.5, 0.6) is 0 Å². The molecular weight excluding hydrogens is 396 g/mol. The van der Waals surface area contributed by atoms with Crippen molar-refractivity contribution in [3.8, 4) is 0 Å². The minimum Gasteiger partial charge on any atom is -0.378 e. The molecule has 1 saturated heterocycles. The molecule has 2 aromatic carbocycles. The number of rotatable bonds is 7. The molecule has 1 fully saturated rings. The van der Waals surface area contributed by atoms with Crippen molar-refractivity contribution in [1.82, 2.24) is 4.31 Å². The van der Waals surface area contributed by atoms with Gasteiger partial charge in [-0.3, -0.25) is 4.79 Å². The summed E-state index contributed by atoms with van der Waals surface area (Å²) in [4.78, 5) is 12.5. The Hall–Kier alpha value is -1.89. The summed E-state index contributed by atoms with van der Waals surface area (Å²) in [6.07, 6.45) is 3.73. The van der Waals surface area contributed by atoms with Crippen LogP contribution < -0.4 is 5.32 Å². The molecule has 28 heavy (non-hydrogen) atoms. The Morgan fingerprint density at radius 3 is 2.43 bits per heavy atom. The molecule has 1 aliphatic heterocycles. The van der Waals surface area contributed by atoms with E-state index in [0.717, 1.165) is 25.7 Å². The molecule has 1 heterocycles. The Morgan fingerprint density at radius 2 is 1.79 bits per heavy atom. The molecule has 2 aromatic rings. The van der Waals surface area contributed by atoms with Crippen LogP contribution in [0.25, 0.3) is 0 Å². The van der Waals surface area contributed by atoms with Gasteiger partial charge >= 0.3 is 0 Å². The van der Waals surface area contributed by atoms with Crippen molar-refractivity contribution in [1.29, 1.82) is 0 Å². The Labute approximate surface area is 171 Å². The summed E-state index contributed by atoms with van der Waals surface area (Å²) in [6.45, 7) is 2.73. The first kappa shape index (κ1) is 20.8. The number of carbonyl (C=O) groups is 1. The van der Waals surface area contributed by atoms with E-state index in [4.69, 9.17) is 11.6 Å². The zero-order valence-electron chi connectivity index (χ0n) is 15.9. The van der Waals surface area contributed by atoms with Gasteiger partial charge in [-0.1, -0.05) is 24.9 Å². The molecule has 3 rings (SSSR count). The molecule has 0 amide bonds. The number of halogens is 1. The highest BCUT2D eigenvalue weighted by Gasteiger charge is 2.32. The summed E-state index contributed by atoms with van der Waals surface area (Å²) >= 11 is 5.84. The van der Waals surface area contributed by atoms with E-state index < -0.39 is 10.0 Å². The van der Waals surface area contributed by atoms with Crippen LogP contribution in [-0.2, 0) is 10.0 Å². The van der Waals surface area contributed by atoms with Gasteiger partial charge < -0.3 is 5.32 Å². The Bertz CT molecular complexity index is 912. The lowest BCUT2D eigenvalue weighted by Crippen LogP contribution is -2.43. The third-order valence-electron chi connectivity index (χ3n) is 5.12. The molecule has 0 aliphatic carbocycles. The Balaban J connectivity index is 1.65. The number of ketones is 1. The molecule has 0 bridgehead atoms. The summed E-state index contributed by atoms with van der Waals surface area (Å²) in [5.41, 5.74) is 1.28. The number of benzene rings is 2. The maximum absolute atomic E-state index is 13.0. The third-order valence-corrected chi connectivity index (χ3v) is 7.34. The van der Waals surface area contributed by atoms with Crippen molar-refractivity contribution in [2.45, 2.75) is 43.5 Å². The summed E-state index contributed by atoms with van der Waals surface area (Å²) in [5.74, 6) is -0.0625. The van der Waals surface area contributed by atoms with Crippen molar-refractivity contribution in [3.05, 3.63) is 59.1 Å². The molecule has 0 radical (unpaired) electrons. The van der Waals surface area contributed by atoms with Gasteiger partial charge in [-0.2, -0.15) is 4.31 Å². The van der Waals surface area contributed by atoms with Gasteiger partial charge in [-0.15, -0.1) is 0 Å². The number of sulfonamides is 1. The quantitative estimate of drug-likeness (QED) is 0.665. The second kappa shape index (κ2) is 9.07. The van der Waals surface area contributed by atoms with E-state index in [1.807, 2.05) is 6.92 Å². The van der Waals surface area contributed by atoms with E-state index in [2.05, 4.69) is 5.32 Å². The molecule has 1 atom stereocenters. The number of Topliss-reactive ketones (excluding diaryl/α,β-unsaturated/α-hetero) is 1. The lowest BCUT2D eigenvalue weighted by Gasteiger charge is -2.34. The number of nitrogens with one attached hydrogen (secondary N) is 1. The first-order valence-electron chi connectivity index (χ1n) is 9.56. The van der Waals surface area contributed by atoms with Crippen LogP contribution in [0.2, 0.25) is 5.02 Å². The fourth-order valence-corrected chi connectivity index (χ4v) is 5.39. The summed E-state index contributed by atoms with van der Waals surface area (Å²) in [5, 5.41) is 3.63. The van der Waals surface area contributed by atoms with Crippen LogP contribution in [0.15, 0.2) is 53.4 Å². The maximum Gasteiger partial charge on any atom is 0.243 e. The number of hydrogen-bond donors (Lipinski definition) is 1. The average molecular weight is 421 g/mol. The van der Waals surface area contributed by atoms with E-state index in [1.165, 1.54) is 0 Å². The number of anilines is 1. The summed E-state index contributed by atoms with van der Waals surface area (Å²) < 4.78 is 27.6. The van der Waals surface area contributed by atoms with Crippen LogP contribution in [-0.4, -0.2) is 37.6 Å². The monoisotopic (exact) mass is 420 g/mol. The highest BCUT2D eigenvalue weighted by atomic mass is 35.5. The van der Waals surface area contributed by atoms with E-state index in [9.17, 15) is 13.2 Å². The summed E-state index contributed by atoms with van der Waals surface area (Å²) in [7, 11) is -3.49. The van der Waals surface area contributed by atoms with Gasteiger partial charge in [0.2, 0.25) is 10.0 Å². The molecule has 1 aliphatic rings. The number of piperidine rings is 1. The van der Waals surface area contributed by atoms with E-state index in [0.29, 0.717) is 27.7 Å². The number of carbonyl (C=O) groups excluding carboxylic acids is 1. The maximum atomic E-state index is 13.0. The average Bonchev–Trinajstić information content (AvgIpc) is 2.72. The van der Waals surface area contributed by atoms with Gasteiger partial charge in [0.1, 0.15) is 0 Å². The molecule has 0 spiro atoms. The van der Waals surface area contributed by atoms with E-state index >= 15 is 0 Å². The van der Waals surface area contributed by atoms with Crippen LogP contribution in [0.4, 0.5) is 5.69 Å². The second-order valence-electron chi connectivity index (χ2n) is 6.98. The SMILES string of the molecule is CCC1CCCCN1S(=O)(=O)c1ccc(NCC(=O)c2ccc(Cl)cc2)cc1. The van der Waals surface area contributed by atoms with Crippen molar-refractivity contribution < 1.29 is 13.2 Å². The predicted molar refractivity (Wildman–Crippen MR) is 113 cm³/mol. The normalized spacial score (nSPS) is 18.0. The zero-order valence-corrected chi connectivity index (χ0v) is 17.5. The molecule has 1 unspecified atom stereocenters. The predicted octanol–water partition coefficient (Wildman–Crippen LogP) is 4.59. The highest BCUT2D eigenvalue weighted by molar-refractivity contribution is 7.89. The third kappa shape index (κ3) is 4.74. The first-order chi connectivity index (χ1) is 13.4. The number of hydrogen-bond acceptors (Lipinski definition) is 4. The zero-order chi connectivity index (χ0) is 20.1. The van der Waals surface area contributed by atoms with Crippen LogP contribution in [0.3, 0.4) is 0 Å². The lowest BCUT2D eigenvalue weighted by atomic mass is 10.0. The smallest absolute Gasteiger partial charge is 0.243 e. The van der Waals surface area contributed by atoms with Gasteiger partial charge in [0, 0.05) is 28.9 Å². The van der Waals surface area contributed by atoms with Crippen LogP contribution >= 0.6 is 11.6 Å². The first-order valence-corrected chi connectivity index (χ1v) is 11.4. The van der Waals surface area contributed by atoms with Crippen LogP contribution in [0, 0.1) is 0 Å². The van der Waals surface area contributed by atoms with Crippen molar-refractivity contribution in [2.75, 3.05) is 18.4 Å². The Kier molecular flexibility index (Phi) is 6.75. The molecule has 1 N–H and O–H groups in total. The molecule has 0 aromatic heterocycles. The van der Waals surface area contributed by atoms with Gasteiger partial charge in [0.25, 0.3) is 0 Å². The standard InChI is InChI=1S/C21H25ClN2O3S/c1-2-19-5-3-4-14-24(19)28(26,27)20-12-10-18(11-13-20)23-15-21(25)16-6-8-17(22)9-7-16/h6-13,19,23H,2-5,14-15H2,1H3. The van der Waals surface area contributed by atoms with E-state index in [-0.39, 0.29) is 18.4 Å². The van der Waals surface area contributed by atoms with Gasteiger partial charge in [-0.25, -0.2) is 8.42 Å². The largest absolute Gasteiger partial charge is 0.378 e. The van der Waals surface area contributed by atoms with Crippen molar-refractivity contribution in [3.63, 3.8) is 0 Å². The minimum absolute atomic E-state index is 0.0625. The van der Waals surface area contributed by atoms with Gasteiger partial charge in [0.05, 0.1) is 11.4 Å².